The average Bonchev–Trinajstić information content (AvgIpc) is 2.44. The third kappa shape index (κ3) is 2.23. The molecule has 1 fully saturated rings. The first-order valence-electron chi connectivity index (χ1n) is 5.27. The predicted octanol–water partition coefficient (Wildman–Crippen LogP) is 1.40. The van der Waals surface area contributed by atoms with Crippen molar-refractivity contribution in [3.63, 3.8) is 0 Å². The van der Waals surface area contributed by atoms with Crippen LogP contribution in [0, 0.1) is 0 Å². The number of rotatable bonds is 1. The quantitative estimate of drug-likeness (QED) is 0.729. The van der Waals surface area contributed by atoms with Crippen molar-refractivity contribution >= 4 is 5.69 Å². The molecule has 0 radical (unpaired) electrons. The van der Waals surface area contributed by atoms with Gasteiger partial charge < -0.3 is 10.6 Å². The number of hydrogen-bond acceptors (Lipinski definition) is 3. The van der Waals surface area contributed by atoms with Crippen LogP contribution in [-0.4, -0.2) is 24.1 Å². The fourth-order valence-corrected chi connectivity index (χ4v) is 1.95. The van der Waals surface area contributed by atoms with E-state index in [2.05, 4.69) is 16.0 Å². The molecule has 76 valence electrons. The predicted molar refractivity (Wildman–Crippen MR) is 58.3 cm³/mol. The first kappa shape index (κ1) is 9.46. The minimum absolute atomic E-state index is 0.317. The Balaban J connectivity index is 2.09. The lowest BCUT2D eigenvalue weighted by atomic mass is 10.2. The molecule has 0 unspecified atom stereocenters. The number of pyridine rings is 1. The molecule has 1 aromatic heterocycles. The molecule has 1 saturated heterocycles. The summed E-state index contributed by atoms with van der Waals surface area (Å²) in [6, 6.07) is 4.40. The van der Waals surface area contributed by atoms with Crippen molar-refractivity contribution in [2.45, 2.75) is 25.3 Å². The van der Waals surface area contributed by atoms with E-state index in [4.69, 9.17) is 5.73 Å². The zero-order valence-electron chi connectivity index (χ0n) is 8.39. The topological polar surface area (TPSA) is 42.1 Å². The minimum Gasteiger partial charge on any atom is -0.369 e. The van der Waals surface area contributed by atoms with E-state index in [0.29, 0.717) is 6.04 Å². The van der Waals surface area contributed by atoms with Gasteiger partial charge in [0.05, 0.1) is 11.9 Å². The van der Waals surface area contributed by atoms with Gasteiger partial charge in [-0.3, -0.25) is 4.98 Å². The molecule has 2 N–H and O–H groups in total. The molecule has 0 aliphatic carbocycles. The van der Waals surface area contributed by atoms with E-state index >= 15 is 0 Å². The van der Waals surface area contributed by atoms with Crippen LogP contribution in [0.2, 0.25) is 0 Å². The minimum atomic E-state index is 0.317. The van der Waals surface area contributed by atoms with Crippen molar-refractivity contribution in [1.82, 2.24) is 4.98 Å². The van der Waals surface area contributed by atoms with Gasteiger partial charge in [-0.15, -0.1) is 0 Å². The van der Waals surface area contributed by atoms with Gasteiger partial charge in [-0.05, 0) is 25.0 Å². The van der Waals surface area contributed by atoms with Gasteiger partial charge in [-0.25, -0.2) is 0 Å². The lowest BCUT2D eigenvalue weighted by molar-refractivity contribution is 0.621. The second kappa shape index (κ2) is 4.42. The van der Waals surface area contributed by atoms with E-state index < -0.39 is 0 Å². The fourth-order valence-electron chi connectivity index (χ4n) is 1.95. The van der Waals surface area contributed by atoms with E-state index in [-0.39, 0.29) is 0 Å². The maximum atomic E-state index is 6.00. The summed E-state index contributed by atoms with van der Waals surface area (Å²) in [6.45, 7) is 2.07. The van der Waals surface area contributed by atoms with Gasteiger partial charge in [0.15, 0.2) is 0 Å². The molecule has 1 aromatic rings. The molecular weight excluding hydrogens is 174 g/mol. The second-order valence-electron chi connectivity index (χ2n) is 3.91. The summed E-state index contributed by atoms with van der Waals surface area (Å²) in [5.41, 5.74) is 7.20. The van der Waals surface area contributed by atoms with Gasteiger partial charge in [0.2, 0.25) is 0 Å². The van der Waals surface area contributed by atoms with Crippen LogP contribution in [-0.2, 0) is 0 Å². The van der Waals surface area contributed by atoms with E-state index in [0.717, 1.165) is 19.5 Å². The highest BCUT2D eigenvalue weighted by molar-refractivity contribution is 5.43. The number of nitrogens with two attached hydrogens (primary N) is 1. The summed E-state index contributed by atoms with van der Waals surface area (Å²) in [7, 11) is 0. The van der Waals surface area contributed by atoms with Crippen LogP contribution in [0.5, 0.6) is 0 Å². The largest absolute Gasteiger partial charge is 0.369 e. The zero-order chi connectivity index (χ0) is 9.80. The number of aromatic nitrogens is 1. The molecule has 2 rings (SSSR count). The number of anilines is 1. The molecule has 3 heteroatoms. The van der Waals surface area contributed by atoms with Crippen LogP contribution in [0.15, 0.2) is 24.5 Å². The third-order valence-electron chi connectivity index (χ3n) is 2.72. The van der Waals surface area contributed by atoms with Gasteiger partial charge in [-0.1, -0.05) is 6.42 Å². The molecular formula is C11H17N3. The van der Waals surface area contributed by atoms with Crippen molar-refractivity contribution in [2.24, 2.45) is 5.73 Å². The Morgan fingerprint density at radius 1 is 1.43 bits per heavy atom. The van der Waals surface area contributed by atoms with Crippen LogP contribution in [0.3, 0.4) is 0 Å². The second-order valence-corrected chi connectivity index (χ2v) is 3.91. The van der Waals surface area contributed by atoms with Crippen molar-refractivity contribution in [3.8, 4) is 0 Å². The maximum absolute atomic E-state index is 6.00. The van der Waals surface area contributed by atoms with E-state index in [1.165, 1.54) is 18.5 Å². The summed E-state index contributed by atoms with van der Waals surface area (Å²) >= 11 is 0. The Morgan fingerprint density at radius 3 is 3.14 bits per heavy atom. The van der Waals surface area contributed by atoms with Crippen LogP contribution in [0.4, 0.5) is 5.69 Å². The Morgan fingerprint density at radius 2 is 2.36 bits per heavy atom. The molecule has 1 aliphatic rings. The summed E-state index contributed by atoms with van der Waals surface area (Å²) in [5.74, 6) is 0. The standard InChI is InChI=1S/C11H17N3/c12-10-4-1-2-7-14(9-10)11-5-3-6-13-8-11/h3,5-6,8,10H,1-2,4,7,9,12H2/t10-/m0/s1. The third-order valence-corrected chi connectivity index (χ3v) is 2.72. The van der Waals surface area contributed by atoms with Crippen LogP contribution in [0.25, 0.3) is 0 Å². The van der Waals surface area contributed by atoms with Gasteiger partial charge in [0.25, 0.3) is 0 Å². The molecule has 3 nitrogen and oxygen atoms in total. The molecule has 0 saturated carbocycles. The van der Waals surface area contributed by atoms with E-state index in [1.54, 1.807) is 6.20 Å². The molecule has 0 amide bonds. The average molecular weight is 191 g/mol. The zero-order valence-corrected chi connectivity index (χ0v) is 8.39. The SMILES string of the molecule is N[C@H]1CCCCN(c2cccnc2)C1. The highest BCUT2D eigenvalue weighted by Crippen LogP contribution is 2.17. The van der Waals surface area contributed by atoms with E-state index in [9.17, 15) is 0 Å². The Labute approximate surface area is 84.9 Å². The Hall–Kier alpha value is -1.09. The fraction of sp³-hybridized carbons (Fsp3) is 0.545. The summed E-state index contributed by atoms with van der Waals surface area (Å²) in [6.07, 6.45) is 7.36. The monoisotopic (exact) mass is 191 g/mol. The Kier molecular flexibility index (Phi) is 2.99. The highest BCUT2D eigenvalue weighted by atomic mass is 15.1. The molecule has 0 bridgehead atoms. The molecule has 0 spiro atoms. The van der Waals surface area contributed by atoms with Gasteiger partial charge in [0.1, 0.15) is 0 Å². The highest BCUT2D eigenvalue weighted by Gasteiger charge is 2.14. The van der Waals surface area contributed by atoms with Gasteiger partial charge >= 0.3 is 0 Å². The van der Waals surface area contributed by atoms with Crippen molar-refractivity contribution in [1.29, 1.82) is 0 Å². The van der Waals surface area contributed by atoms with E-state index in [1.807, 2.05) is 12.3 Å². The van der Waals surface area contributed by atoms with Crippen molar-refractivity contribution < 1.29 is 0 Å². The first-order chi connectivity index (χ1) is 6.86. The lowest BCUT2D eigenvalue weighted by Crippen LogP contribution is -2.35. The Bertz CT molecular complexity index is 273. The van der Waals surface area contributed by atoms with Crippen LogP contribution in [0.1, 0.15) is 19.3 Å². The summed E-state index contributed by atoms with van der Waals surface area (Å²) in [4.78, 5) is 6.47. The molecule has 0 aromatic carbocycles. The number of nitrogens with zero attached hydrogens (tertiary/aromatic N) is 2. The molecule has 14 heavy (non-hydrogen) atoms. The van der Waals surface area contributed by atoms with Crippen LogP contribution < -0.4 is 10.6 Å². The molecule has 1 atom stereocenters. The normalized spacial score (nSPS) is 23.2. The van der Waals surface area contributed by atoms with Crippen molar-refractivity contribution in [2.75, 3.05) is 18.0 Å². The first-order valence-corrected chi connectivity index (χ1v) is 5.27. The maximum Gasteiger partial charge on any atom is 0.0553 e. The van der Waals surface area contributed by atoms with Gasteiger partial charge in [-0.2, -0.15) is 0 Å². The summed E-state index contributed by atoms with van der Waals surface area (Å²) in [5, 5.41) is 0. The number of hydrogen-bond donors (Lipinski definition) is 1. The lowest BCUT2D eigenvalue weighted by Gasteiger charge is -2.24. The smallest absolute Gasteiger partial charge is 0.0553 e. The van der Waals surface area contributed by atoms with Crippen LogP contribution >= 0.6 is 0 Å². The summed E-state index contributed by atoms with van der Waals surface area (Å²) < 4.78 is 0. The molecule has 2 heterocycles. The van der Waals surface area contributed by atoms with Gasteiger partial charge in [0, 0.05) is 25.3 Å². The van der Waals surface area contributed by atoms with Crippen molar-refractivity contribution in [3.05, 3.63) is 24.5 Å². The molecule has 1 aliphatic heterocycles.